The van der Waals surface area contributed by atoms with Crippen LogP contribution in [-0.4, -0.2) is 4.98 Å². The lowest BCUT2D eigenvalue weighted by atomic mass is 10.0. The SMILES string of the molecule is CCC(C)c1ccc(F)nc1F. The van der Waals surface area contributed by atoms with Gasteiger partial charge in [0.1, 0.15) is 0 Å². The molecular formula is C9H11F2N. The van der Waals surface area contributed by atoms with Crippen molar-refractivity contribution in [2.45, 2.75) is 26.2 Å². The van der Waals surface area contributed by atoms with Gasteiger partial charge in [0, 0.05) is 5.56 Å². The molecule has 0 aromatic carbocycles. The first-order valence-corrected chi connectivity index (χ1v) is 3.97. The Bertz CT molecular complexity index is 273. The Balaban J connectivity index is 3.01. The molecule has 1 unspecified atom stereocenters. The Morgan fingerprint density at radius 1 is 1.42 bits per heavy atom. The Morgan fingerprint density at radius 2 is 2.08 bits per heavy atom. The average Bonchev–Trinajstić information content (AvgIpc) is 2.03. The minimum atomic E-state index is -0.764. The summed E-state index contributed by atoms with van der Waals surface area (Å²) in [5, 5.41) is 0. The summed E-state index contributed by atoms with van der Waals surface area (Å²) in [6, 6.07) is 2.64. The summed E-state index contributed by atoms with van der Waals surface area (Å²) >= 11 is 0. The first-order chi connectivity index (χ1) is 5.65. The maximum absolute atomic E-state index is 12.9. The van der Waals surface area contributed by atoms with Crippen LogP contribution >= 0.6 is 0 Å². The lowest BCUT2D eigenvalue weighted by Crippen LogP contribution is -1.99. The number of aromatic nitrogens is 1. The lowest BCUT2D eigenvalue weighted by Gasteiger charge is -2.08. The third-order valence-corrected chi connectivity index (χ3v) is 1.99. The molecule has 66 valence electrons. The molecule has 0 aliphatic carbocycles. The summed E-state index contributed by atoms with van der Waals surface area (Å²) in [5.41, 5.74) is 0.485. The Kier molecular flexibility index (Phi) is 2.74. The van der Waals surface area contributed by atoms with Gasteiger partial charge >= 0.3 is 0 Å². The van der Waals surface area contributed by atoms with E-state index in [0.29, 0.717) is 5.56 Å². The zero-order chi connectivity index (χ0) is 9.14. The third kappa shape index (κ3) is 1.78. The van der Waals surface area contributed by atoms with Gasteiger partial charge in [-0.05, 0) is 24.5 Å². The molecule has 0 saturated heterocycles. The molecule has 1 nitrogen and oxygen atoms in total. The number of pyridine rings is 1. The van der Waals surface area contributed by atoms with Gasteiger partial charge in [0.15, 0.2) is 0 Å². The molecule has 0 bridgehead atoms. The van der Waals surface area contributed by atoms with E-state index < -0.39 is 11.9 Å². The molecule has 0 saturated carbocycles. The summed E-state index contributed by atoms with van der Waals surface area (Å²) in [6.07, 6.45) is 0.824. The van der Waals surface area contributed by atoms with E-state index in [9.17, 15) is 8.78 Å². The number of halogens is 2. The van der Waals surface area contributed by atoms with E-state index in [1.807, 2.05) is 13.8 Å². The van der Waals surface area contributed by atoms with E-state index in [-0.39, 0.29) is 5.92 Å². The first-order valence-electron chi connectivity index (χ1n) is 3.97. The van der Waals surface area contributed by atoms with E-state index in [2.05, 4.69) is 4.98 Å². The smallest absolute Gasteiger partial charge is 0.190 e. The summed E-state index contributed by atoms with van der Waals surface area (Å²) in [7, 11) is 0. The van der Waals surface area contributed by atoms with Gasteiger partial charge in [-0.1, -0.05) is 13.8 Å². The highest BCUT2D eigenvalue weighted by Gasteiger charge is 2.10. The molecule has 12 heavy (non-hydrogen) atoms. The number of hydrogen-bond donors (Lipinski definition) is 0. The number of nitrogens with zero attached hydrogens (tertiary/aromatic N) is 1. The molecule has 0 amide bonds. The van der Waals surface area contributed by atoms with Crippen LogP contribution in [0.25, 0.3) is 0 Å². The van der Waals surface area contributed by atoms with Crippen LogP contribution in [0.4, 0.5) is 8.78 Å². The van der Waals surface area contributed by atoms with Crippen LogP contribution in [0, 0.1) is 11.9 Å². The standard InChI is InChI=1S/C9H11F2N/c1-3-6(2)7-4-5-8(10)12-9(7)11/h4-6H,3H2,1-2H3. The van der Waals surface area contributed by atoms with Crippen molar-refractivity contribution in [3.63, 3.8) is 0 Å². The molecular weight excluding hydrogens is 160 g/mol. The van der Waals surface area contributed by atoms with Gasteiger partial charge in [0.2, 0.25) is 11.9 Å². The topological polar surface area (TPSA) is 12.9 Å². The van der Waals surface area contributed by atoms with Crippen LogP contribution < -0.4 is 0 Å². The molecule has 1 aromatic heterocycles. The van der Waals surface area contributed by atoms with E-state index >= 15 is 0 Å². The zero-order valence-corrected chi connectivity index (χ0v) is 7.14. The average molecular weight is 171 g/mol. The molecule has 0 spiro atoms. The molecule has 0 aliphatic rings. The Labute approximate surface area is 70.4 Å². The fraction of sp³-hybridized carbons (Fsp3) is 0.444. The number of rotatable bonds is 2. The van der Waals surface area contributed by atoms with Gasteiger partial charge < -0.3 is 0 Å². The third-order valence-electron chi connectivity index (χ3n) is 1.99. The van der Waals surface area contributed by atoms with Crippen LogP contribution in [0.2, 0.25) is 0 Å². The predicted octanol–water partition coefficient (Wildman–Crippen LogP) is 2.87. The molecule has 1 atom stereocenters. The monoisotopic (exact) mass is 171 g/mol. The van der Waals surface area contributed by atoms with Gasteiger partial charge in [0.25, 0.3) is 0 Å². The van der Waals surface area contributed by atoms with E-state index in [4.69, 9.17) is 0 Å². The van der Waals surface area contributed by atoms with Crippen LogP contribution in [-0.2, 0) is 0 Å². The largest absolute Gasteiger partial charge is 0.218 e. The van der Waals surface area contributed by atoms with Crippen LogP contribution in [0.3, 0.4) is 0 Å². The first kappa shape index (κ1) is 9.10. The predicted molar refractivity (Wildman–Crippen MR) is 42.9 cm³/mol. The summed E-state index contributed by atoms with van der Waals surface area (Å²) in [4.78, 5) is 3.11. The summed E-state index contributed by atoms with van der Waals surface area (Å²) in [6.45, 7) is 3.84. The van der Waals surface area contributed by atoms with Gasteiger partial charge in [-0.3, -0.25) is 0 Å². The number of hydrogen-bond acceptors (Lipinski definition) is 1. The van der Waals surface area contributed by atoms with Crippen molar-refractivity contribution in [1.82, 2.24) is 4.98 Å². The Hall–Kier alpha value is -0.990. The molecule has 3 heteroatoms. The fourth-order valence-corrected chi connectivity index (χ4v) is 1.01. The summed E-state index contributed by atoms with van der Waals surface area (Å²) in [5.74, 6) is -1.36. The zero-order valence-electron chi connectivity index (χ0n) is 7.14. The second-order valence-corrected chi connectivity index (χ2v) is 2.82. The van der Waals surface area contributed by atoms with Crippen molar-refractivity contribution >= 4 is 0 Å². The second-order valence-electron chi connectivity index (χ2n) is 2.82. The highest BCUT2D eigenvalue weighted by Crippen LogP contribution is 2.20. The normalized spacial score (nSPS) is 13.0. The van der Waals surface area contributed by atoms with Crippen LogP contribution in [0.15, 0.2) is 12.1 Å². The fourth-order valence-electron chi connectivity index (χ4n) is 1.01. The van der Waals surface area contributed by atoms with Crippen molar-refractivity contribution in [2.75, 3.05) is 0 Å². The van der Waals surface area contributed by atoms with Crippen molar-refractivity contribution in [1.29, 1.82) is 0 Å². The van der Waals surface area contributed by atoms with Gasteiger partial charge in [0.05, 0.1) is 0 Å². The molecule has 0 N–H and O–H groups in total. The van der Waals surface area contributed by atoms with Gasteiger partial charge in [-0.25, -0.2) is 0 Å². The lowest BCUT2D eigenvalue weighted by molar-refractivity contribution is 0.492. The summed E-state index contributed by atoms with van der Waals surface area (Å²) < 4.78 is 25.3. The molecule has 1 heterocycles. The molecule has 1 rings (SSSR count). The maximum Gasteiger partial charge on any atom is 0.218 e. The van der Waals surface area contributed by atoms with E-state index in [1.54, 1.807) is 0 Å². The molecule has 1 aromatic rings. The van der Waals surface area contributed by atoms with E-state index in [1.165, 1.54) is 12.1 Å². The van der Waals surface area contributed by atoms with Crippen LogP contribution in [0.5, 0.6) is 0 Å². The molecule has 0 aliphatic heterocycles. The highest BCUT2D eigenvalue weighted by molar-refractivity contribution is 5.15. The minimum absolute atomic E-state index is 0.0955. The van der Waals surface area contributed by atoms with Crippen molar-refractivity contribution in [3.8, 4) is 0 Å². The van der Waals surface area contributed by atoms with Gasteiger partial charge in [-0.15, -0.1) is 0 Å². The van der Waals surface area contributed by atoms with Crippen molar-refractivity contribution in [3.05, 3.63) is 29.6 Å². The van der Waals surface area contributed by atoms with Gasteiger partial charge in [-0.2, -0.15) is 13.8 Å². The highest BCUT2D eigenvalue weighted by atomic mass is 19.1. The second kappa shape index (κ2) is 3.61. The quantitative estimate of drug-likeness (QED) is 0.623. The Morgan fingerprint density at radius 3 is 2.58 bits per heavy atom. The van der Waals surface area contributed by atoms with E-state index in [0.717, 1.165) is 6.42 Å². The van der Waals surface area contributed by atoms with Crippen molar-refractivity contribution in [2.24, 2.45) is 0 Å². The molecule has 0 radical (unpaired) electrons. The maximum atomic E-state index is 12.9. The minimum Gasteiger partial charge on any atom is -0.190 e. The molecule has 0 fully saturated rings. The van der Waals surface area contributed by atoms with Crippen LogP contribution in [0.1, 0.15) is 31.7 Å². The van der Waals surface area contributed by atoms with Crippen molar-refractivity contribution < 1.29 is 8.78 Å².